The largest absolute Gasteiger partial charge is 0.325 e. The summed E-state index contributed by atoms with van der Waals surface area (Å²) in [6.07, 6.45) is 0.907. The minimum Gasteiger partial charge on any atom is -0.325 e. The van der Waals surface area contributed by atoms with Crippen molar-refractivity contribution in [1.29, 1.82) is 0 Å². The average Bonchev–Trinajstić information content (AvgIpc) is 2.50. The second-order valence-electron chi connectivity index (χ2n) is 5.92. The van der Waals surface area contributed by atoms with Crippen LogP contribution in [0.4, 0.5) is 14.5 Å². The molecule has 1 aliphatic rings. The van der Waals surface area contributed by atoms with Crippen molar-refractivity contribution < 1.29 is 18.4 Å². The Bertz CT molecular complexity index is 905. The standard InChI is InChI=1S/C17H14F2N2O3/c1-8-4-14-10(15(22)5-8)7-11(17(24)21-14)16(23)20-9-2-3-12(18)13(19)6-9/h2-3,6-8H,4-5H2,1H3,(H,20,23)(H,21,24)/t8-/m1/s1. The molecule has 0 unspecified atom stereocenters. The number of amides is 1. The summed E-state index contributed by atoms with van der Waals surface area (Å²) in [7, 11) is 0. The second kappa shape index (κ2) is 5.99. The molecule has 2 aromatic rings. The Morgan fingerprint density at radius 1 is 1.17 bits per heavy atom. The molecule has 1 heterocycles. The lowest BCUT2D eigenvalue weighted by atomic mass is 9.86. The zero-order valence-electron chi connectivity index (χ0n) is 12.8. The number of hydrogen-bond donors (Lipinski definition) is 2. The topological polar surface area (TPSA) is 79.0 Å². The lowest BCUT2D eigenvalue weighted by Crippen LogP contribution is -2.29. The molecule has 2 N–H and O–H groups in total. The van der Waals surface area contributed by atoms with Gasteiger partial charge in [-0.2, -0.15) is 0 Å². The highest BCUT2D eigenvalue weighted by Gasteiger charge is 2.25. The molecular weight excluding hydrogens is 318 g/mol. The van der Waals surface area contributed by atoms with Crippen LogP contribution in [0.5, 0.6) is 0 Å². The molecule has 0 bridgehead atoms. The van der Waals surface area contributed by atoms with Gasteiger partial charge in [-0.25, -0.2) is 8.78 Å². The lowest BCUT2D eigenvalue weighted by Gasteiger charge is -2.20. The van der Waals surface area contributed by atoms with Crippen molar-refractivity contribution in [3.63, 3.8) is 0 Å². The third kappa shape index (κ3) is 2.97. The minimum absolute atomic E-state index is 0.0102. The normalized spacial score (nSPS) is 16.6. The maximum Gasteiger partial charge on any atom is 0.261 e. The van der Waals surface area contributed by atoms with Gasteiger partial charge in [0.2, 0.25) is 0 Å². The number of fused-ring (bicyclic) bond motifs is 1. The quantitative estimate of drug-likeness (QED) is 0.887. The van der Waals surface area contributed by atoms with E-state index in [1.165, 1.54) is 12.1 Å². The summed E-state index contributed by atoms with van der Waals surface area (Å²) in [6.45, 7) is 1.91. The van der Waals surface area contributed by atoms with Crippen LogP contribution in [0.3, 0.4) is 0 Å². The number of benzene rings is 1. The van der Waals surface area contributed by atoms with Gasteiger partial charge >= 0.3 is 0 Å². The highest BCUT2D eigenvalue weighted by Crippen LogP contribution is 2.23. The van der Waals surface area contributed by atoms with E-state index in [1.807, 2.05) is 6.92 Å². The predicted octanol–water partition coefficient (Wildman–Crippen LogP) is 2.67. The third-order valence-corrected chi connectivity index (χ3v) is 3.93. The molecule has 1 aliphatic carbocycles. The van der Waals surface area contributed by atoms with Gasteiger partial charge in [-0.3, -0.25) is 14.4 Å². The van der Waals surface area contributed by atoms with E-state index >= 15 is 0 Å². The Labute approximate surface area is 135 Å². The number of hydrogen-bond acceptors (Lipinski definition) is 3. The molecule has 1 aromatic heterocycles. The number of H-pyrrole nitrogens is 1. The molecule has 124 valence electrons. The molecule has 0 fully saturated rings. The van der Waals surface area contributed by atoms with E-state index in [-0.39, 0.29) is 23.0 Å². The number of pyridine rings is 1. The molecule has 7 heteroatoms. The van der Waals surface area contributed by atoms with Gasteiger partial charge in [0, 0.05) is 29.4 Å². The highest BCUT2D eigenvalue weighted by molar-refractivity contribution is 6.06. The summed E-state index contributed by atoms with van der Waals surface area (Å²) in [5.74, 6) is -2.96. The SMILES string of the molecule is C[C@H]1CC(=O)c2cc(C(=O)Nc3ccc(F)c(F)c3)c(=O)[nH]c2C1. The van der Waals surface area contributed by atoms with Crippen LogP contribution in [-0.4, -0.2) is 16.7 Å². The van der Waals surface area contributed by atoms with Crippen molar-refractivity contribution >= 4 is 17.4 Å². The smallest absolute Gasteiger partial charge is 0.261 e. The first-order valence-corrected chi connectivity index (χ1v) is 7.41. The van der Waals surface area contributed by atoms with Gasteiger partial charge < -0.3 is 10.3 Å². The molecule has 3 rings (SSSR count). The number of aromatic amines is 1. The van der Waals surface area contributed by atoms with Crippen LogP contribution in [0.25, 0.3) is 0 Å². The van der Waals surface area contributed by atoms with Gasteiger partial charge in [-0.15, -0.1) is 0 Å². The van der Waals surface area contributed by atoms with Crippen LogP contribution < -0.4 is 10.9 Å². The average molecular weight is 332 g/mol. The van der Waals surface area contributed by atoms with Crippen molar-refractivity contribution in [2.45, 2.75) is 19.8 Å². The Hall–Kier alpha value is -2.83. The number of aromatic nitrogens is 1. The third-order valence-electron chi connectivity index (χ3n) is 3.93. The van der Waals surface area contributed by atoms with E-state index in [0.29, 0.717) is 24.1 Å². The number of carbonyl (C=O) groups is 2. The van der Waals surface area contributed by atoms with Gasteiger partial charge in [-0.1, -0.05) is 6.92 Å². The monoisotopic (exact) mass is 332 g/mol. The maximum atomic E-state index is 13.2. The predicted molar refractivity (Wildman–Crippen MR) is 83.2 cm³/mol. The molecule has 1 amide bonds. The van der Waals surface area contributed by atoms with E-state index in [1.54, 1.807) is 0 Å². The van der Waals surface area contributed by atoms with Gasteiger partial charge in [0.1, 0.15) is 5.56 Å². The van der Waals surface area contributed by atoms with Crippen LogP contribution in [0.2, 0.25) is 0 Å². The Kier molecular flexibility index (Phi) is 4.01. The fraction of sp³-hybridized carbons (Fsp3) is 0.235. The minimum atomic E-state index is -1.11. The molecular formula is C17H14F2N2O3. The van der Waals surface area contributed by atoms with Gasteiger partial charge in [0.05, 0.1) is 0 Å². The summed E-state index contributed by atoms with van der Waals surface area (Å²) < 4.78 is 26.1. The van der Waals surface area contributed by atoms with Crippen LogP contribution in [-0.2, 0) is 6.42 Å². The fourth-order valence-corrected chi connectivity index (χ4v) is 2.77. The van der Waals surface area contributed by atoms with E-state index in [0.717, 1.165) is 12.1 Å². The Balaban J connectivity index is 1.93. The Morgan fingerprint density at radius 3 is 2.62 bits per heavy atom. The highest BCUT2D eigenvalue weighted by atomic mass is 19.2. The van der Waals surface area contributed by atoms with E-state index in [9.17, 15) is 23.2 Å². The molecule has 24 heavy (non-hydrogen) atoms. The zero-order chi connectivity index (χ0) is 17.4. The number of carbonyl (C=O) groups excluding carboxylic acids is 2. The summed E-state index contributed by atoms with van der Waals surface area (Å²) in [5.41, 5.74) is -0.0237. The van der Waals surface area contributed by atoms with Crippen LogP contribution >= 0.6 is 0 Å². The van der Waals surface area contributed by atoms with E-state index in [2.05, 4.69) is 10.3 Å². The molecule has 0 spiro atoms. The van der Waals surface area contributed by atoms with Crippen molar-refractivity contribution in [1.82, 2.24) is 4.98 Å². The second-order valence-corrected chi connectivity index (χ2v) is 5.92. The number of rotatable bonds is 2. The van der Waals surface area contributed by atoms with Gasteiger partial charge in [-0.05, 0) is 30.5 Å². The van der Waals surface area contributed by atoms with E-state index in [4.69, 9.17) is 0 Å². The molecule has 0 saturated carbocycles. The molecule has 0 radical (unpaired) electrons. The number of anilines is 1. The fourth-order valence-electron chi connectivity index (χ4n) is 2.77. The van der Waals surface area contributed by atoms with Crippen LogP contribution in [0.15, 0.2) is 29.1 Å². The van der Waals surface area contributed by atoms with Crippen molar-refractivity contribution in [2.75, 3.05) is 5.32 Å². The van der Waals surface area contributed by atoms with Gasteiger partial charge in [0.15, 0.2) is 17.4 Å². The first-order chi connectivity index (χ1) is 11.3. The molecule has 1 aromatic carbocycles. The van der Waals surface area contributed by atoms with E-state index < -0.39 is 23.1 Å². The van der Waals surface area contributed by atoms with Crippen LogP contribution in [0, 0.1) is 17.6 Å². The van der Waals surface area contributed by atoms with Crippen molar-refractivity contribution in [3.8, 4) is 0 Å². The van der Waals surface area contributed by atoms with Crippen LogP contribution in [0.1, 0.15) is 39.8 Å². The lowest BCUT2D eigenvalue weighted by molar-refractivity contribution is 0.0952. The van der Waals surface area contributed by atoms with Crippen molar-refractivity contribution in [2.24, 2.45) is 5.92 Å². The maximum absolute atomic E-state index is 13.2. The number of Topliss-reactive ketones (excluding diaryl/α,β-unsaturated/α-hetero) is 1. The summed E-state index contributed by atoms with van der Waals surface area (Å²) in [5, 5.41) is 2.32. The first-order valence-electron chi connectivity index (χ1n) is 7.41. The number of ketones is 1. The van der Waals surface area contributed by atoms with Crippen molar-refractivity contribution in [3.05, 3.63) is 63.1 Å². The Morgan fingerprint density at radius 2 is 1.92 bits per heavy atom. The molecule has 0 saturated heterocycles. The zero-order valence-corrected chi connectivity index (χ0v) is 12.8. The van der Waals surface area contributed by atoms with Gasteiger partial charge in [0.25, 0.3) is 11.5 Å². The number of nitrogens with one attached hydrogen (secondary N) is 2. The summed E-state index contributed by atoms with van der Waals surface area (Å²) >= 11 is 0. The number of halogens is 2. The summed E-state index contributed by atoms with van der Waals surface area (Å²) in [4.78, 5) is 39.0. The molecule has 0 aliphatic heterocycles. The molecule has 5 nitrogen and oxygen atoms in total. The first kappa shape index (κ1) is 16.0. The summed E-state index contributed by atoms with van der Waals surface area (Å²) in [6, 6.07) is 4.12. The molecule has 1 atom stereocenters.